The van der Waals surface area contributed by atoms with Gasteiger partial charge >= 0.3 is 31.0 Å². The smallest absolute Gasteiger partial charge is 0.236 e. The molecule has 22 heteroatoms. The highest BCUT2D eigenvalue weighted by molar-refractivity contribution is 8.08. The Morgan fingerprint density at radius 3 is 1.40 bits per heavy atom. The molecule has 182 valence electrons. The van der Waals surface area contributed by atoms with Crippen LogP contribution in [0.3, 0.4) is 0 Å². The van der Waals surface area contributed by atoms with Crippen molar-refractivity contribution in [2.45, 2.75) is 24.9 Å². The highest BCUT2D eigenvalue weighted by Gasteiger charge is 2.49. The maximum atomic E-state index is 12.9. The van der Waals surface area contributed by atoms with Crippen LogP contribution in [-0.2, 0) is 44.6 Å². The molecule has 0 aliphatic rings. The Hall–Kier alpha value is -0.780. The Labute approximate surface area is 169 Å². The van der Waals surface area contributed by atoms with Crippen LogP contribution in [0, 0.1) is 0 Å². The van der Waals surface area contributed by atoms with Crippen LogP contribution < -0.4 is 0 Å². The van der Waals surface area contributed by atoms with Gasteiger partial charge in [0.15, 0.2) is 0 Å². The lowest BCUT2D eigenvalue weighted by molar-refractivity contribution is -0.150. The lowest BCUT2D eigenvalue weighted by Gasteiger charge is -2.21. The van der Waals surface area contributed by atoms with E-state index in [1.807, 2.05) is 0 Å². The van der Waals surface area contributed by atoms with Crippen molar-refractivity contribution in [1.82, 2.24) is 8.61 Å². The summed E-state index contributed by atoms with van der Waals surface area (Å²) >= 11 is 0. The molecule has 0 aromatic carbocycles. The maximum absolute atomic E-state index is 12.9. The molecule has 0 bridgehead atoms. The Kier molecular flexibility index (Phi) is 9.13. The second-order valence-electron chi connectivity index (χ2n) is 4.97. The van der Waals surface area contributed by atoms with Gasteiger partial charge in [-0.2, -0.15) is 34.8 Å². The van der Waals surface area contributed by atoms with Crippen molar-refractivity contribution >= 4 is 40.2 Å². The summed E-state index contributed by atoms with van der Waals surface area (Å²) in [7, 11) is -21.8. The Bertz CT molecular complexity index is 1090. The zero-order valence-corrected chi connectivity index (χ0v) is 18.7. The van der Waals surface area contributed by atoms with Crippen LogP contribution in [0.25, 0.3) is 0 Å². The summed E-state index contributed by atoms with van der Waals surface area (Å²) in [4.78, 5) is 0. The third-order valence-electron chi connectivity index (χ3n) is 2.97. The average molecular weight is 538 g/mol. The summed E-state index contributed by atoms with van der Waals surface area (Å²) in [6.07, 6.45) is 0. The third kappa shape index (κ3) is 6.37. The molecule has 0 saturated carbocycles. The van der Waals surface area contributed by atoms with Crippen LogP contribution in [0.4, 0.5) is 26.3 Å². The molecule has 1 N–H and O–H groups in total. The van der Waals surface area contributed by atoms with Crippen molar-refractivity contribution in [3.63, 3.8) is 0 Å². The maximum Gasteiger partial charge on any atom is 0.519 e. The summed E-state index contributed by atoms with van der Waals surface area (Å²) in [5, 5.41) is 8.36. The monoisotopic (exact) mass is 537 g/mol. The van der Waals surface area contributed by atoms with E-state index in [0.29, 0.717) is 14.1 Å². The molecule has 0 saturated heterocycles. The molecule has 0 heterocycles. The summed E-state index contributed by atoms with van der Waals surface area (Å²) in [6.45, 7) is 1.15. The van der Waals surface area contributed by atoms with Crippen molar-refractivity contribution in [2.24, 2.45) is 11.3 Å². The summed E-state index contributed by atoms with van der Waals surface area (Å²) in [6, 6.07) is 0. The normalized spacial score (nSPS) is 19.6. The first-order chi connectivity index (χ1) is 13.1. The molecule has 3 unspecified atom stereocenters. The Balaban J connectivity index is 7.68. The van der Waals surface area contributed by atoms with Crippen molar-refractivity contribution in [3.8, 4) is 0 Å². The minimum atomic E-state index is -6.54. The molecule has 30 heavy (non-hydrogen) atoms. The molecule has 0 spiro atoms. The van der Waals surface area contributed by atoms with Gasteiger partial charge in [-0.1, -0.05) is 25.2 Å². The zero-order valence-electron chi connectivity index (χ0n) is 15.4. The first kappa shape index (κ1) is 29.2. The fourth-order valence-corrected chi connectivity index (χ4v) is 8.24. The van der Waals surface area contributed by atoms with E-state index in [1.165, 1.54) is 0 Å². The molecule has 3 atom stereocenters. The van der Waals surface area contributed by atoms with Crippen LogP contribution in [0.15, 0.2) is 11.3 Å². The number of nitrogens with zero attached hydrogens (tertiary/aromatic N) is 5. The highest BCUT2D eigenvalue weighted by Crippen LogP contribution is 2.30. The second kappa shape index (κ2) is 9.38. The predicted octanol–water partition coefficient (Wildman–Crippen LogP) is 1.73. The second-order valence-corrected chi connectivity index (χ2v) is 12.9. The third-order valence-corrected chi connectivity index (χ3v) is 11.2. The number of sulfonamides is 1. The van der Waals surface area contributed by atoms with Gasteiger partial charge in [-0.25, -0.2) is 26.5 Å². The molecule has 0 aliphatic carbocycles. The van der Waals surface area contributed by atoms with E-state index in [2.05, 4.69) is 15.6 Å². The molecular formula is C8H17F6N5O7S4. The molecular weight excluding hydrogens is 520 g/mol. The standard InChI is InChI=1S/C8H17F6N5O7S4/c1-5-18(3)29(24,15-27(21,22)7(9,10)11)17-30(25,19(4)6-2)16-28(23,26-20)8(12,13)14/h20H,5-6H2,1-4H3. The predicted molar refractivity (Wildman–Crippen MR) is 93.1 cm³/mol. The van der Waals surface area contributed by atoms with Crippen LogP contribution in [0.5, 0.6) is 0 Å². The van der Waals surface area contributed by atoms with Gasteiger partial charge in [-0.15, -0.1) is 4.33 Å². The van der Waals surface area contributed by atoms with E-state index >= 15 is 0 Å². The van der Waals surface area contributed by atoms with E-state index in [-0.39, 0.29) is 8.61 Å². The van der Waals surface area contributed by atoms with Crippen LogP contribution in [0.1, 0.15) is 13.8 Å². The van der Waals surface area contributed by atoms with Crippen molar-refractivity contribution in [3.05, 3.63) is 0 Å². The van der Waals surface area contributed by atoms with Gasteiger partial charge in [0.05, 0.1) is 0 Å². The minimum absolute atomic E-state index is 0.226. The zero-order chi connectivity index (χ0) is 24.4. The van der Waals surface area contributed by atoms with E-state index in [4.69, 9.17) is 5.26 Å². The van der Waals surface area contributed by atoms with Gasteiger partial charge in [0.25, 0.3) is 0 Å². The lowest BCUT2D eigenvalue weighted by Crippen LogP contribution is -2.34. The topological polar surface area (TPSA) is 158 Å². The van der Waals surface area contributed by atoms with Crippen LogP contribution >= 0.6 is 0 Å². The summed E-state index contributed by atoms with van der Waals surface area (Å²) < 4.78 is 147. The molecule has 0 aromatic heterocycles. The molecule has 0 radical (unpaired) electrons. The molecule has 0 fully saturated rings. The fraction of sp³-hybridized carbons (Fsp3) is 1.00. The minimum Gasteiger partial charge on any atom is -0.236 e. The quantitative estimate of drug-likeness (QED) is 0.280. The molecule has 0 aromatic rings. The number of hydrogen-bond acceptors (Lipinski definition) is 7. The summed E-state index contributed by atoms with van der Waals surface area (Å²) in [5.41, 5.74) is -12.1. The SMILES string of the molecule is CCN(C)S(=O)(=NS(=O)(=O)C(F)(F)F)N=S(=O)(N=S(=O)(OO)C(F)(F)F)N(C)CC. The average Bonchev–Trinajstić information content (AvgIpc) is 2.57. The van der Waals surface area contributed by atoms with E-state index in [0.717, 1.165) is 13.8 Å². The van der Waals surface area contributed by atoms with Crippen molar-refractivity contribution < 1.29 is 57.0 Å². The van der Waals surface area contributed by atoms with E-state index in [1.54, 1.807) is 0 Å². The van der Waals surface area contributed by atoms with Crippen LogP contribution in [0.2, 0.25) is 0 Å². The first-order valence-corrected chi connectivity index (χ1v) is 12.9. The van der Waals surface area contributed by atoms with E-state index in [9.17, 15) is 47.4 Å². The number of alkyl halides is 6. The first-order valence-electron chi connectivity index (χ1n) is 7.13. The Morgan fingerprint density at radius 1 is 0.767 bits per heavy atom. The Morgan fingerprint density at radius 2 is 1.13 bits per heavy atom. The fourth-order valence-electron chi connectivity index (χ4n) is 1.11. The summed E-state index contributed by atoms with van der Waals surface area (Å²) in [5.74, 6) is 0. The molecule has 0 rings (SSSR count). The number of halogens is 6. The molecule has 0 aliphatic heterocycles. The van der Waals surface area contributed by atoms with Gasteiger partial charge in [-0.05, 0) is 0 Å². The van der Waals surface area contributed by atoms with Crippen molar-refractivity contribution in [1.29, 1.82) is 0 Å². The van der Waals surface area contributed by atoms with Gasteiger partial charge in [0.1, 0.15) is 0 Å². The van der Waals surface area contributed by atoms with Gasteiger partial charge in [-0.3, -0.25) is 0 Å². The molecule has 12 nitrogen and oxygen atoms in total. The van der Waals surface area contributed by atoms with Crippen LogP contribution in [-0.4, -0.2) is 73.1 Å². The van der Waals surface area contributed by atoms with E-state index < -0.39 is 64.3 Å². The van der Waals surface area contributed by atoms with Gasteiger partial charge in [0.2, 0.25) is 20.2 Å². The van der Waals surface area contributed by atoms with Gasteiger partial charge in [0, 0.05) is 27.2 Å². The highest BCUT2D eigenvalue weighted by atomic mass is 32.3. The number of rotatable bonds is 8. The lowest BCUT2D eigenvalue weighted by atomic mass is 10.8. The number of hydrogen-bond donors (Lipinski definition) is 1. The van der Waals surface area contributed by atoms with Crippen molar-refractivity contribution in [2.75, 3.05) is 27.2 Å². The molecule has 0 amide bonds. The van der Waals surface area contributed by atoms with Gasteiger partial charge < -0.3 is 0 Å². The largest absolute Gasteiger partial charge is 0.519 e.